The van der Waals surface area contributed by atoms with Gasteiger partial charge in [-0.15, -0.1) is 0 Å². The third-order valence-electron chi connectivity index (χ3n) is 2.73. The summed E-state index contributed by atoms with van der Waals surface area (Å²) in [5.41, 5.74) is 0. The van der Waals surface area contributed by atoms with E-state index in [1.54, 1.807) is 50.8 Å². The molecule has 0 aliphatic heterocycles. The minimum absolute atomic E-state index is 0.100. The first-order chi connectivity index (χ1) is 10.2. The van der Waals surface area contributed by atoms with Crippen molar-refractivity contribution in [2.24, 2.45) is 0 Å². The van der Waals surface area contributed by atoms with E-state index in [1.807, 2.05) is 0 Å². The monoisotopic (exact) mass is 291 g/mol. The summed E-state index contributed by atoms with van der Waals surface area (Å²) < 4.78 is 20.8. The first kappa shape index (κ1) is 14.8. The molecule has 0 unspecified atom stereocenters. The van der Waals surface area contributed by atoms with Crippen molar-refractivity contribution in [3.8, 4) is 17.2 Å². The Hall–Kier alpha value is -2.63. The van der Waals surface area contributed by atoms with E-state index in [0.717, 1.165) is 0 Å². The van der Waals surface area contributed by atoms with E-state index in [1.165, 1.54) is 0 Å². The van der Waals surface area contributed by atoms with Crippen molar-refractivity contribution in [1.82, 2.24) is 5.32 Å². The maximum absolute atomic E-state index is 11.7. The van der Waals surface area contributed by atoms with Gasteiger partial charge in [0.2, 0.25) is 0 Å². The average Bonchev–Trinajstić information content (AvgIpc) is 3.03. The van der Waals surface area contributed by atoms with Gasteiger partial charge in [-0.3, -0.25) is 4.79 Å². The molecule has 2 aromatic rings. The Balaban J connectivity index is 1.85. The second-order valence-electron chi connectivity index (χ2n) is 4.19. The van der Waals surface area contributed by atoms with E-state index in [2.05, 4.69) is 5.32 Å². The highest BCUT2D eigenvalue weighted by Gasteiger charge is 2.07. The Morgan fingerprint density at radius 2 is 1.81 bits per heavy atom. The molecule has 0 spiro atoms. The highest BCUT2D eigenvalue weighted by atomic mass is 16.5. The number of ether oxygens (including phenoxy) is 3. The van der Waals surface area contributed by atoms with E-state index in [-0.39, 0.29) is 12.5 Å². The molecule has 0 saturated carbocycles. The fraction of sp³-hybridized carbons (Fsp3) is 0.267. The molecule has 1 amide bonds. The van der Waals surface area contributed by atoms with Gasteiger partial charge in [-0.25, -0.2) is 0 Å². The molecule has 2 rings (SSSR count). The number of nitrogens with one attached hydrogen (secondary N) is 1. The number of carbonyl (C=O) groups is 1. The van der Waals surface area contributed by atoms with Crippen LogP contribution in [0.25, 0.3) is 0 Å². The van der Waals surface area contributed by atoms with Crippen LogP contribution in [0.1, 0.15) is 5.76 Å². The predicted molar refractivity (Wildman–Crippen MR) is 75.6 cm³/mol. The number of methoxy groups -OCH3 is 2. The molecule has 0 bridgehead atoms. The van der Waals surface area contributed by atoms with Gasteiger partial charge in [0.05, 0.1) is 27.0 Å². The number of hydrogen-bond acceptors (Lipinski definition) is 5. The lowest BCUT2D eigenvalue weighted by molar-refractivity contribution is -0.123. The van der Waals surface area contributed by atoms with Gasteiger partial charge < -0.3 is 23.9 Å². The maximum Gasteiger partial charge on any atom is 0.258 e. The van der Waals surface area contributed by atoms with Crippen molar-refractivity contribution in [3.63, 3.8) is 0 Å². The van der Waals surface area contributed by atoms with Crippen LogP contribution >= 0.6 is 0 Å². The molecule has 6 nitrogen and oxygen atoms in total. The van der Waals surface area contributed by atoms with Crippen LogP contribution in [-0.4, -0.2) is 26.7 Å². The maximum atomic E-state index is 11.7. The summed E-state index contributed by atoms with van der Waals surface area (Å²) in [6.45, 7) is 0.230. The molecule has 0 aliphatic carbocycles. The van der Waals surface area contributed by atoms with Crippen LogP contribution in [0.15, 0.2) is 41.0 Å². The number of furan rings is 1. The normalized spacial score (nSPS) is 10.0. The van der Waals surface area contributed by atoms with E-state index in [0.29, 0.717) is 29.6 Å². The summed E-state index contributed by atoms with van der Waals surface area (Å²) in [6.07, 6.45) is 1.56. The lowest BCUT2D eigenvalue weighted by Crippen LogP contribution is -2.28. The Bertz CT molecular complexity index is 558. The van der Waals surface area contributed by atoms with Crippen LogP contribution in [0.4, 0.5) is 0 Å². The zero-order chi connectivity index (χ0) is 15.1. The minimum atomic E-state index is -0.242. The topological polar surface area (TPSA) is 69.9 Å². The molecule has 0 fully saturated rings. The SMILES string of the molecule is COc1cc(OC)cc(OCC(=O)NCc2ccco2)c1. The Kier molecular flexibility index (Phi) is 5.09. The molecule has 21 heavy (non-hydrogen) atoms. The highest BCUT2D eigenvalue weighted by Crippen LogP contribution is 2.27. The summed E-state index contributed by atoms with van der Waals surface area (Å²) in [7, 11) is 3.10. The Morgan fingerprint density at radius 1 is 1.14 bits per heavy atom. The number of rotatable bonds is 7. The molecular formula is C15H17NO5. The standard InChI is InChI=1S/C15H17NO5/c1-18-12-6-13(19-2)8-14(7-12)21-10-15(17)16-9-11-4-3-5-20-11/h3-8H,9-10H2,1-2H3,(H,16,17). The van der Waals surface area contributed by atoms with Crippen molar-refractivity contribution < 1.29 is 23.4 Å². The van der Waals surface area contributed by atoms with Gasteiger partial charge in [0.25, 0.3) is 5.91 Å². The van der Waals surface area contributed by atoms with Gasteiger partial charge in [-0.05, 0) is 12.1 Å². The second-order valence-corrected chi connectivity index (χ2v) is 4.19. The first-order valence-corrected chi connectivity index (χ1v) is 6.36. The van der Waals surface area contributed by atoms with Crippen molar-refractivity contribution >= 4 is 5.91 Å². The quantitative estimate of drug-likeness (QED) is 0.845. The van der Waals surface area contributed by atoms with Gasteiger partial charge >= 0.3 is 0 Å². The lowest BCUT2D eigenvalue weighted by atomic mass is 10.3. The van der Waals surface area contributed by atoms with Crippen LogP contribution in [0, 0.1) is 0 Å². The van der Waals surface area contributed by atoms with Gasteiger partial charge in [-0.2, -0.15) is 0 Å². The molecule has 1 N–H and O–H groups in total. The molecule has 112 valence electrons. The summed E-state index contributed by atoms with van der Waals surface area (Å²) in [4.78, 5) is 11.7. The van der Waals surface area contributed by atoms with Gasteiger partial charge in [0.15, 0.2) is 6.61 Å². The predicted octanol–water partition coefficient (Wildman–Crippen LogP) is 1.99. The van der Waals surface area contributed by atoms with Crippen LogP contribution in [0.3, 0.4) is 0 Å². The van der Waals surface area contributed by atoms with Crippen molar-refractivity contribution in [2.45, 2.75) is 6.54 Å². The van der Waals surface area contributed by atoms with E-state index in [4.69, 9.17) is 18.6 Å². The molecule has 0 aliphatic rings. The van der Waals surface area contributed by atoms with Crippen LogP contribution in [0.5, 0.6) is 17.2 Å². The smallest absolute Gasteiger partial charge is 0.258 e. The molecular weight excluding hydrogens is 274 g/mol. The number of carbonyl (C=O) groups excluding carboxylic acids is 1. The molecule has 1 aromatic heterocycles. The number of hydrogen-bond donors (Lipinski definition) is 1. The van der Waals surface area contributed by atoms with Crippen molar-refractivity contribution in [3.05, 3.63) is 42.4 Å². The van der Waals surface area contributed by atoms with Gasteiger partial charge in [0, 0.05) is 18.2 Å². The van der Waals surface area contributed by atoms with Crippen LogP contribution in [0.2, 0.25) is 0 Å². The fourth-order valence-corrected chi connectivity index (χ4v) is 1.66. The van der Waals surface area contributed by atoms with Gasteiger partial charge in [-0.1, -0.05) is 0 Å². The number of amides is 1. The molecule has 0 radical (unpaired) electrons. The van der Waals surface area contributed by atoms with Crippen molar-refractivity contribution in [1.29, 1.82) is 0 Å². The number of benzene rings is 1. The zero-order valence-corrected chi connectivity index (χ0v) is 11.9. The van der Waals surface area contributed by atoms with E-state index >= 15 is 0 Å². The first-order valence-electron chi connectivity index (χ1n) is 6.36. The Morgan fingerprint density at radius 3 is 2.38 bits per heavy atom. The summed E-state index contributed by atoms with van der Waals surface area (Å²) in [6, 6.07) is 8.64. The molecule has 1 heterocycles. The third kappa shape index (κ3) is 4.45. The lowest BCUT2D eigenvalue weighted by Gasteiger charge is -2.10. The second kappa shape index (κ2) is 7.23. The summed E-state index contributed by atoms with van der Waals surface area (Å²) in [5.74, 6) is 2.14. The van der Waals surface area contributed by atoms with Gasteiger partial charge in [0.1, 0.15) is 23.0 Å². The fourth-order valence-electron chi connectivity index (χ4n) is 1.66. The molecule has 0 atom stereocenters. The van der Waals surface area contributed by atoms with E-state index < -0.39 is 0 Å². The van der Waals surface area contributed by atoms with Crippen LogP contribution in [-0.2, 0) is 11.3 Å². The molecule has 6 heteroatoms. The third-order valence-corrected chi connectivity index (χ3v) is 2.73. The Labute approximate surface area is 122 Å². The summed E-state index contributed by atoms with van der Waals surface area (Å²) in [5, 5.41) is 2.69. The zero-order valence-electron chi connectivity index (χ0n) is 11.9. The molecule has 0 saturated heterocycles. The van der Waals surface area contributed by atoms with Crippen LogP contribution < -0.4 is 19.5 Å². The highest BCUT2D eigenvalue weighted by molar-refractivity contribution is 5.77. The summed E-state index contributed by atoms with van der Waals surface area (Å²) >= 11 is 0. The minimum Gasteiger partial charge on any atom is -0.496 e. The molecule has 1 aromatic carbocycles. The average molecular weight is 291 g/mol. The van der Waals surface area contributed by atoms with E-state index in [9.17, 15) is 4.79 Å². The van der Waals surface area contributed by atoms with Crippen molar-refractivity contribution in [2.75, 3.05) is 20.8 Å². The largest absolute Gasteiger partial charge is 0.496 e.